The minimum Gasteiger partial charge on any atom is -0.228 e. The van der Waals surface area contributed by atoms with Crippen LogP contribution in [0.15, 0.2) is 204 Å². The molecule has 0 saturated heterocycles. The van der Waals surface area contributed by atoms with Gasteiger partial charge in [-0.05, 0) is 85.0 Å². The second-order valence-corrected chi connectivity index (χ2v) is 17.5. The van der Waals surface area contributed by atoms with Gasteiger partial charge in [-0.1, -0.05) is 202 Å². The molecule has 0 bridgehead atoms. The molecule has 2 heterocycles. The first-order valence-corrected chi connectivity index (χ1v) is 21.2. The second-order valence-electron chi connectivity index (χ2n) is 16.4. The lowest BCUT2D eigenvalue weighted by Gasteiger charge is -2.40. The predicted molar refractivity (Wildman–Crippen MR) is 243 cm³/mol. The lowest BCUT2D eigenvalue weighted by molar-refractivity contribution is 0.660. The highest BCUT2D eigenvalue weighted by Crippen LogP contribution is 2.63. The highest BCUT2D eigenvalue weighted by atomic mass is 32.2. The minimum absolute atomic E-state index is 0.118. The summed E-state index contributed by atoms with van der Waals surface area (Å²) in [5.74, 6) is 0.715. The van der Waals surface area contributed by atoms with E-state index in [2.05, 4.69) is 202 Å². The zero-order chi connectivity index (χ0) is 39.3. The Bertz CT molecular complexity index is 3130. The van der Waals surface area contributed by atoms with E-state index in [0.717, 1.165) is 33.6 Å². The van der Waals surface area contributed by atoms with Crippen molar-refractivity contribution in [3.05, 3.63) is 228 Å². The highest BCUT2D eigenvalue weighted by molar-refractivity contribution is 7.99. The highest BCUT2D eigenvalue weighted by Gasteiger charge is 2.50. The normalized spacial score (nSPS) is 14.5. The fraction of sp³-hybridized carbons (Fsp3) is 0.0714. The third-order valence-electron chi connectivity index (χ3n) is 13.0. The van der Waals surface area contributed by atoms with Gasteiger partial charge in [0.1, 0.15) is 0 Å². The molecule has 2 aliphatic carbocycles. The summed E-state index contributed by atoms with van der Waals surface area (Å²) in [5.41, 5.74) is 20.0. The molecule has 278 valence electrons. The molecule has 0 atom stereocenters. The lowest BCUT2D eigenvalue weighted by Crippen LogP contribution is -2.32. The summed E-state index contributed by atoms with van der Waals surface area (Å²) < 4.78 is 0. The maximum absolute atomic E-state index is 5.38. The van der Waals surface area contributed by atoms with E-state index in [9.17, 15) is 0 Å². The van der Waals surface area contributed by atoms with E-state index >= 15 is 0 Å². The average molecular weight is 771 g/mol. The maximum atomic E-state index is 5.38. The van der Waals surface area contributed by atoms with Crippen LogP contribution in [-0.2, 0) is 10.8 Å². The number of hydrogen-bond donors (Lipinski definition) is 0. The summed E-state index contributed by atoms with van der Waals surface area (Å²) in [5, 5.41) is 0. The van der Waals surface area contributed by atoms with Crippen molar-refractivity contribution in [3.63, 3.8) is 0 Å². The van der Waals surface area contributed by atoms with Crippen molar-refractivity contribution in [2.75, 3.05) is 0 Å². The molecule has 0 fully saturated rings. The molecular formula is C56H38N2S. The maximum Gasteiger partial charge on any atom is 0.160 e. The van der Waals surface area contributed by atoms with Crippen molar-refractivity contribution in [3.8, 4) is 67.3 Å². The first-order chi connectivity index (χ1) is 29.0. The van der Waals surface area contributed by atoms with Gasteiger partial charge in [-0.25, -0.2) is 9.97 Å². The van der Waals surface area contributed by atoms with Crippen LogP contribution in [0.25, 0.3) is 67.3 Å². The number of rotatable bonds is 4. The fourth-order valence-electron chi connectivity index (χ4n) is 10.3. The lowest BCUT2D eigenvalue weighted by atomic mass is 9.67. The number of nitrogens with zero attached hydrogens (tertiary/aromatic N) is 2. The van der Waals surface area contributed by atoms with Gasteiger partial charge in [0, 0.05) is 31.9 Å². The summed E-state index contributed by atoms with van der Waals surface area (Å²) >= 11 is 1.89. The molecule has 9 aromatic rings. The van der Waals surface area contributed by atoms with Crippen LogP contribution < -0.4 is 0 Å². The molecule has 59 heavy (non-hydrogen) atoms. The van der Waals surface area contributed by atoms with Crippen molar-refractivity contribution in [1.82, 2.24) is 9.97 Å². The van der Waals surface area contributed by atoms with Gasteiger partial charge in [-0.15, -0.1) is 0 Å². The van der Waals surface area contributed by atoms with E-state index in [1.165, 1.54) is 71.0 Å². The zero-order valence-corrected chi connectivity index (χ0v) is 33.6. The van der Waals surface area contributed by atoms with Gasteiger partial charge in [-0.2, -0.15) is 0 Å². The molecule has 12 rings (SSSR count). The largest absolute Gasteiger partial charge is 0.228 e. The average Bonchev–Trinajstić information content (AvgIpc) is 3.72. The van der Waals surface area contributed by atoms with Crippen molar-refractivity contribution in [2.45, 2.75) is 34.5 Å². The van der Waals surface area contributed by atoms with E-state index in [0.29, 0.717) is 5.82 Å². The van der Waals surface area contributed by atoms with Crippen molar-refractivity contribution < 1.29 is 0 Å². The van der Waals surface area contributed by atoms with Gasteiger partial charge >= 0.3 is 0 Å². The molecule has 8 aromatic carbocycles. The molecule has 0 N–H and O–H groups in total. The second kappa shape index (κ2) is 12.8. The van der Waals surface area contributed by atoms with Crippen LogP contribution in [0, 0.1) is 0 Å². The summed E-state index contributed by atoms with van der Waals surface area (Å²) in [6.07, 6.45) is 0. The first kappa shape index (κ1) is 34.3. The van der Waals surface area contributed by atoms with E-state index in [4.69, 9.17) is 9.97 Å². The molecule has 2 nitrogen and oxygen atoms in total. The Morgan fingerprint density at radius 1 is 0.356 bits per heavy atom. The number of aromatic nitrogens is 2. The molecular weight excluding hydrogens is 733 g/mol. The smallest absolute Gasteiger partial charge is 0.160 e. The monoisotopic (exact) mass is 770 g/mol. The molecule has 0 amide bonds. The molecule has 0 unspecified atom stereocenters. The Kier molecular flexibility index (Phi) is 7.46. The Hall–Kier alpha value is -6.81. The van der Waals surface area contributed by atoms with E-state index < -0.39 is 5.41 Å². The number of hydrogen-bond acceptors (Lipinski definition) is 3. The van der Waals surface area contributed by atoms with E-state index in [-0.39, 0.29) is 5.41 Å². The molecule has 0 radical (unpaired) electrons. The van der Waals surface area contributed by atoms with Crippen LogP contribution in [0.2, 0.25) is 0 Å². The van der Waals surface area contributed by atoms with Gasteiger partial charge in [0.2, 0.25) is 0 Å². The third-order valence-corrected chi connectivity index (χ3v) is 14.2. The minimum atomic E-state index is -0.446. The quantitative estimate of drug-likeness (QED) is 0.178. The van der Waals surface area contributed by atoms with Gasteiger partial charge in [-0.3, -0.25) is 0 Å². The molecule has 1 aromatic heterocycles. The van der Waals surface area contributed by atoms with Crippen LogP contribution >= 0.6 is 11.8 Å². The Labute approximate surface area is 349 Å². The van der Waals surface area contributed by atoms with Crippen LogP contribution in [0.3, 0.4) is 0 Å². The van der Waals surface area contributed by atoms with Gasteiger partial charge in [0.05, 0.1) is 16.8 Å². The van der Waals surface area contributed by atoms with Gasteiger partial charge < -0.3 is 0 Å². The summed E-state index contributed by atoms with van der Waals surface area (Å²) in [6.45, 7) is 4.67. The number of benzene rings is 8. The predicted octanol–water partition coefficient (Wildman–Crippen LogP) is 14.3. The van der Waals surface area contributed by atoms with Crippen LogP contribution in [0.1, 0.15) is 47.2 Å². The van der Waals surface area contributed by atoms with Gasteiger partial charge in [0.15, 0.2) is 5.82 Å². The Morgan fingerprint density at radius 3 is 1.61 bits per heavy atom. The van der Waals surface area contributed by atoms with Crippen LogP contribution in [0.4, 0.5) is 0 Å². The molecule has 1 aliphatic heterocycles. The Morgan fingerprint density at radius 2 is 0.881 bits per heavy atom. The van der Waals surface area contributed by atoms with E-state index in [1.807, 2.05) is 17.8 Å². The standard InChI is InChI=1S/C56H38N2S/c1-55(2)44-25-11-8-20-38(44)41-32-31-36(33-49(41)55)50-34-51(58-54(57-50)35-17-4-3-5-18-35)42-23-7-6-19-37(42)43-24-16-29-48-53(43)59-52-30-15-14-28-47(52)56(48)45-26-12-9-21-39(45)40-22-10-13-27-46(40)56/h3-34H,1-2H3. The van der Waals surface area contributed by atoms with Crippen LogP contribution in [-0.4, -0.2) is 9.97 Å². The van der Waals surface area contributed by atoms with Crippen LogP contribution in [0.5, 0.6) is 0 Å². The third kappa shape index (κ3) is 4.89. The van der Waals surface area contributed by atoms with Crippen molar-refractivity contribution in [1.29, 1.82) is 0 Å². The van der Waals surface area contributed by atoms with Crippen molar-refractivity contribution >= 4 is 11.8 Å². The van der Waals surface area contributed by atoms with Crippen molar-refractivity contribution in [2.24, 2.45) is 0 Å². The zero-order valence-electron chi connectivity index (χ0n) is 32.8. The molecule has 1 spiro atoms. The summed E-state index contributed by atoms with van der Waals surface area (Å²) in [7, 11) is 0. The van der Waals surface area contributed by atoms with E-state index in [1.54, 1.807) is 0 Å². The van der Waals surface area contributed by atoms with Gasteiger partial charge in [0.25, 0.3) is 0 Å². The first-order valence-electron chi connectivity index (χ1n) is 20.4. The summed E-state index contributed by atoms with van der Waals surface area (Å²) in [6, 6.07) is 71.1. The number of fused-ring (bicyclic) bond motifs is 12. The molecule has 3 aliphatic rings. The Balaban J connectivity index is 1.07. The topological polar surface area (TPSA) is 25.8 Å². The molecule has 0 saturated carbocycles. The molecule has 3 heteroatoms. The SMILES string of the molecule is CC1(C)c2ccccc2-c2ccc(-c3cc(-c4ccccc4-c4cccc5c4Sc4ccccc4C54c5ccccc5-c5ccccc54)nc(-c4ccccc4)n3)cc21. The summed E-state index contributed by atoms with van der Waals surface area (Å²) in [4.78, 5) is 13.2. The fourth-order valence-corrected chi connectivity index (χ4v) is 11.7.